The minimum Gasteiger partial charge on any atom is -0.347 e. The van der Waals surface area contributed by atoms with E-state index in [1.165, 1.54) is 41.4 Å². The smallest absolute Gasteiger partial charge is 0.347 e. The first-order valence-corrected chi connectivity index (χ1v) is 14.3. The van der Waals surface area contributed by atoms with E-state index in [2.05, 4.69) is 19.9 Å². The molecule has 39 heavy (non-hydrogen) atoms. The zero-order valence-electron chi connectivity index (χ0n) is 21.1. The van der Waals surface area contributed by atoms with Crippen LogP contribution in [0.1, 0.15) is 42.4 Å². The Hall–Kier alpha value is -2.82. The average Bonchev–Trinajstić information content (AvgIpc) is 3.69. The van der Waals surface area contributed by atoms with Crippen molar-refractivity contribution in [2.45, 2.75) is 44.4 Å². The van der Waals surface area contributed by atoms with Crippen LogP contribution in [0.25, 0.3) is 17.0 Å². The van der Waals surface area contributed by atoms with E-state index in [1.807, 2.05) is 24.3 Å². The summed E-state index contributed by atoms with van der Waals surface area (Å²) < 4.78 is 42.2. The molecule has 6 rings (SSSR count). The molecule has 1 amide bonds. The third-order valence-electron chi connectivity index (χ3n) is 7.56. The van der Waals surface area contributed by atoms with Gasteiger partial charge in [0, 0.05) is 29.5 Å². The number of amidine groups is 1. The van der Waals surface area contributed by atoms with E-state index in [9.17, 15) is 18.0 Å². The molecule has 2 aromatic carbocycles. The second-order valence-corrected chi connectivity index (χ2v) is 11.7. The van der Waals surface area contributed by atoms with Crippen LogP contribution in [0.2, 0.25) is 5.02 Å². The number of rotatable bonds is 5. The topological polar surface area (TPSA) is 53.7 Å². The van der Waals surface area contributed by atoms with Crippen molar-refractivity contribution in [1.82, 2.24) is 19.6 Å². The van der Waals surface area contributed by atoms with Crippen LogP contribution in [0.5, 0.6) is 0 Å². The second kappa shape index (κ2) is 10.6. The number of halogens is 4. The molecule has 2 saturated heterocycles. The molecular formula is C28H27ClF3N5OS. The molecule has 2 fully saturated rings. The van der Waals surface area contributed by atoms with Gasteiger partial charge < -0.3 is 9.80 Å². The van der Waals surface area contributed by atoms with Gasteiger partial charge in [-0.25, -0.2) is 0 Å². The molecule has 6 nitrogen and oxygen atoms in total. The largest absolute Gasteiger partial charge is 0.416 e. The molecule has 0 aliphatic carbocycles. The Balaban J connectivity index is 1.18. The summed E-state index contributed by atoms with van der Waals surface area (Å²) in [5, 5.41) is 5.92. The van der Waals surface area contributed by atoms with E-state index >= 15 is 0 Å². The summed E-state index contributed by atoms with van der Waals surface area (Å²) in [4.78, 5) is 22.5. The number of hydrogen-bond donors (Lipinski definition) is 0. The summed E-state index contributed by atoms with van der Waals surface area (Å²) in [6.45, 7) is 4.19. The highest BCUT2D eigenvalue weighted by molar-refractivity contribution is 8.18. The highest BCUT2D eigenvalue weighted by Crippen LogP contribution is 2.36. The first-order chi connectivity index (χ1) is 18.7. The van der Waals surface area contributed by atoms with Gasteiger partial charge in [0.1, 0.15) is 0 Å². The lowest BCUT2D eigenvalue weighted by Gasteiger charge is -2.29. The van der Waals surface area contributed by atoms with Crippen LogP contribution in [0.3, 0.4) is 0 Å². The molecule has 1 atom stereocenters. The van der Waals surface area contributed by atoms with Crippen molar-refractivity contribution in [3.05, 3.63) is 69.2 Å². The lowest BCUT2D eigenvalue weighted by atomic mass is 10.1. The third kappa shape index (κ3) is 5.60. The van der Waals surface area contributed by atoms with Crippen molar-refractivity contribution in [3.63, 3.8) is 0 Å². The SMILES string of the molecule is O=C1N=C(N2CCC[C@H]2CN2CCCC2)SC1=Cc1ccc2c(cnn2Cc2ccc(Cl)cc2C(F)(F)F)c1. The molecule has 204 valence electrons. The van der Waals surface area contributed by atoms with Crippen molar-refractivity contribution < 1.29 is 18.0 Å². The van der Waals surface area contributed by atoms with E-state index in [-0.39, 0.29) is 23.0 Å². The number of aromatic nitrogens is 2. The fourth-order valence-corrected chi connectivity index (χ4v) is 6.83. The first-order valence-electron chi connectivity index (χ1n) is 13.1. The van der Waals surface area contributed by atoms with Gasteiger partial charge in [-0.05, 0) is 92.0 Å². The molecule has 0 radical (unpaired) electrons. The maximum atomic E-state index is 13.5. The molecule has 0 bridgehead atoms. The molecule has 3 aromatic rings. The third-order valence-corrected chi connectivity index (χ3v) is 8.82. The van der Waals surface area contributed by atoms with Crippen LogP contribution in [0.15, 0.2) is 52.5 Å². The molecule has 4 heterocycles. The van der Waals surface area contributed by atoms with Gasteiger partial charge in [-0.1, -0.05) is 23.7 Å². The van der Waals surface area contributed by atoms with Crippen LogP contribution >= 0.6 is 23.4 Å². The maximum Gasteiger partial charge on any atom is 0.416 e. The highest BCUT2D eigenvalue weighted by atomic mass is 35.5. The zero-order valence-corrected chi connectivity index (χ0v) is 22.7. The average molecular weight is 574 g/mol. The van der Waals surface area contributed by atoms with Gasteiger partial charge in [0.15, 0.2) is 5.17 Å². The van der Waals surface area contributed by atoms with Crippen LogP contribution in [-0.4, -0.2) is 62.9 Å². The van der Waals surface area contributed by atoms with E-state index in [0.717, 1.165) is 61.2 Å². The maximum absolute atomic E-state index is 13.5. The highest BCUT2D eigenvalue weighted by Gasteiger charge is 2.35. The first kappa shape index (κ1) is 26.4. The van der Waals surface area contributed by atoms with Crippen LogP contribution < -0.4 is 0 Å². The number of benzene rings is 2. The minimum absolute atomic E-state index is 0.0346. The number of thioether (sulfide) groups is 1. The number of alkyl halides is 3. The number of fused-ring (bicyclic) bond motifs is 1. The van der Waals surface area contributed by atoms with Gasteiger partial charge in [-0.15, -0.1) is 0 Å². The second-order valence-electron chi connectivity index (χ2n) is 10.2. The predicted molar refractivity (Wildman–Crippen MR) is 149 cm³/mol. The fraction of sp³-hybridized carbons (Fsp3) is 0.393. The summed E-state index contributed by atoms with van der Waals surface area (Å²) in [6, 6.07) is 9.71. The molecule has 0 unspecified atom stereocenters. The molecule has 0 N–H and O–H groups in total. The number of amides is 1. The monoisotopic (exact) mass is 573 g/mol. The predicted octanol–water partition coefficient (Wildman–Crippen LogP) is 6.29. The van der Waals surface area contributed by atoms with E-state index in [0.29, 0.717) is 16.5 Å². The molecule has 1 aromatic heterocycles. The normalized spacial score (nSPS) is 21.6. The summed E-state index contributed by atoms with van der Waals surface area (Å²) in [6.07, 6.45) is 3.67. The molecule has 0 spiro atoms. The number of nitrogens with zero attached hydrogens (tertiary/aromatic N) is 5. The Labute approximate surface area is 233 Å². The molecule has 11 heteroatoms. The quantitative estimate of drug-likeness (QED) is 0.336. The van der Waals surface area contributed by atoms with Crippen molar-refractivity contribution in [3.8, 4) is 0 Å². The van der Waals surface area contributed by atoms with Gasteiger partial charge in [0.25, 0.3) is 5.91 Å². The lowest BCUT2D eigenvalue weighted by molar-refractivity contribution is -0.138. The van der Waals surface area contributed by atoms with Crippen molar-refractivity contribution in [2.24, 2.45) is 4.99 Å². The molecule has 3 aliphatic rings. The van der Waals surface area contributed by atoms with Crippen LogP contribution in [0, 0.1) is 0 Å². The fourth-order valence-electron chi connectivity index (χ4n) is 5.65. The zero-order chi connectivity index (χ0) is 27.1. The van der Waals surface area contributed by atoms with Crippen molar-refractivity contribution in [2.75, 3.05) is 26.2 Å². The van der Waals surface area contributed by atoms with Gasteiger partial charge in [-0.3, -0.25) is 9.48 Å². The molecule has 0 saturated carbocycles. The lowest BCUT2D eigenvalue weighted by Crippen LogP contribution is -2.41. The number of carbonyl (C=O) groups excluding carboxylic acids is 1. The Morgan fingerprint density at radius 2 is 1.90 bits per heavy atom. The van der Waals surface area contributed by atoms with E-state index in [1.54, 1.807) is 6.20 Å². The Morgan fingerprint density at radius 3 is 2.69 bits per heavy atom. The minimum atomic E-state index is -4.52. The van der Waals surface area contributed by atoms with Crippen LogP contribution in [0.4, 0.5) is 13.2 Å². The van der Waals surface area contributed by atoms with Gasteiger partial charge in [0.05, 0.1) is 28.7 Å². The van der Waals surface area contributed by atoms with Crippen LogP contribution in [-0.2, 0) is 17.5 Å². The standard InChI is InChI=1S/C28H27ClF3N5OS/c29-21-7-6-19(23(14-21)28(30,31)32)16-37-24-8-5-18(12-20(24)15-33-37)13-25-26(38)34-27(39-25)36-11-3-4-22(36)17-35-9-1-2-10-35/h5-8,12-15,22H,1-4,9-11,16-17H2/t22-/m0/s1. The van der Waals surface area contributed by atoms with Gasteiger partial charge >= 0.3 is 6.18 Å². The number of aliphatic imine (C=N–C) groups is 1. The summed E-state index contributed by atoms with van der Waals surface area (Å²) in [5.74, 6) is -0.236. The van der Waals surface area contributed by atoms with Crippen molar-refractivity contribution in [1.29, 1.82) is 0 Å². The van der Waals surface area contributed by atoms with Gasteiger partial charge in [0.2, 0.25) is 0 Å². The molecule has 3 aliphatic heterocycles. The summed E-state index contributed by atoms with van der Waals surface area (Å²) in [5.41, 5.74) is 0.829. The van der Waals surface area contributed by atoms with Crippen molar-refractivity contribution >= 4 is 51.4 Å². The van der Waals surface area contributed by atoms with Gasteiger partial charge in [-0.2, -0.15) is 23.3 Å². The Morgan fingerprint density at radius 1 is 1.08 bits per heavy atom. The van der Waals surface area contributed by atoms with E-state index < -0.39 is 11.7 Å². The Kier molecular flexibility index (Phi) is 7.20. The summed E-state index contributed by atoms with van der Waals surface area (Å²) in [7, 11) is 0. The number of carbonyl (C=O) groups is 1. The Bertz CT molecular complexity index is 1480. The molecular weight excluding hydrogens is 547 g/mol. The number of likely N-dealkylation sites (tertiary alicyclic amines) is 2. The summed E-state index contributed by atoms with van der Waals surface area (Å²) >= 11 is 7.24. The number of hydrogen-bond acceptors (Lipinski definition) is 5. The van der Waals surface area contributed by atoms with E-state index in [4.69, 9.17) is 11.6 Å².